The fourth-order valence-electron chi connectivity index (χ4n) is 3.42. The average molecular weight is 168 g/mol. The van der Waals surface area contributed by atoms with Crippen LogP contribution in [0.5, 0.6) is 0 Å². The summed E-state index contributed by atoms with van der Waals surface area (Å²) < 4.78 is 5.22. The van der Waals surface area contributed by atoms with E-state index in [1.807, 2.05) is 7.11 Å². The number of ether oxygens (including phenoxy) is 1. The molecule has 0 spiro atoms. The number of hydrogen-bond acceptors (Lipinski definition) is 1. The predicted octanol–water partition coefficient (Wildman–Crippen LogP) is 2.71. The van der Waals surface area contributed by atoms with Crippen LogP contribution in [-0.2, 0) is 4.74 Å². The van der Waals surface area contributed by atoms with Crippen LogP contribution in [0.2, 0.25) is 0 Å². The Balaban J connectivity index is 1.85. The maximum atomic E-state index is 5.22. The second-order valence-electron chi connectivity index (χ2n) is 4.89. The lowest BCUT2D eigenvalue weighted by atomic mass is 10.0. The summed E-state index contributed by atoms with van der Waals surface area (Å²) in [5, 5.41) is 0. The van der Waals surface area contributed by atoms with Gasteiger partial charge in [0.1, 0.15) is 0 Å². The van der Waals surface area contributed by atoms with Gasteiger partial charge in [0.25, 0.3) is 0 Å². The Labute approximate surface area is 75.5 Å². The molecule has 0 bridgehead atoms. The van der Waals surface area contributed by atoms with Crippen LogP contribution in [-0.4, -0.2) is 13.7 Å². The van der Waals surface area contributed by atoms with Gasteiger partial charge in [0.2, 0.25) is 0 Å². The van der Waals surface area contributed by atoms with Crippen molar-refractivity contribution in [2.24, 2.45) is 23.7 Å². The molecule has 12 heavy (non-hydrogen) atoms. The van der Waals surface area contributed by atoms with E-state index in [9.17, 15) is 0 Å². The lowest BCUT2D eigenvalue weighted by Crippen LogP contribution is -2.05. The first kappa shape index (κ1) is 8.55. The fraction of sp³-hybridized carbons (Fsp3) is 1.00. The Morgan fingerprint density at radius 3 is 2.17 bits per heavy atom. The molecule has 0 aromatic rings. The van der Waals surface area contributed by atoms with Crippen molar-refractivity contribution in [3.63, 3.8) is 0 Å². The molecule has 2 unspecified atom stereocenters. The van der Waals surface area contributed by atoms with Crippen LogP contribution in [0.1, 0.15) is 32.6 Å². The first-order valence-corrected chi connectivity index (χ1v) is 5.28. The lowest BCUT2D eigenvalue weighted by molar-refractivity contribution is 0.149. The van der Waals surface area contributed by atoms with Gasteiger partial charge in [0.15, 0.2) is 0 Å². The summed E-state index contributed by atoms with van der Waals surface area (Å²) in [5.41, 5.74) is 0. The molecule has 0 amide bonds. The first-order chi connectivity index (χ1) is 5.79. The summed E-state index contributed by atoms with van der Waals surface area (Å²) in [4.78, 5) is 0. The summed E-state index contributed by atoms with van der Waals surface area (Å²) in [6.45, 7) is 3.41. The Bertz CT molecular complexity index is 141. The molecule has 0 aliphatic heterocycles. The maximum Gasteiger partial charge on any atom is 0.0490 e. The predicted molar refractivity (Wildman–Crippen MR) is 50.0 cm³/mol. The number of fused-ring (bicyclic) bond motifs is 1. The van der Waals surface area contributed by atoms with Crippen molar-refractivity contribution in [3.05, 3.63) is 0 Å². The van der Waals surface area contributed by atoms with Gasteiger partial charge in [0, 0.05) is 13.7 Å². The van der Waals surface area contributed by atoms with Gasteiger partial charge in [-0.15, -0.1) is 0 Å². The summed E-state index contributed by atoms with van der Waals surface area (Å²) in [6.07, 6.45) is 5.88. The quantitative estimate of drug-likeness (QED) is 0.616. The third kappa shape index (κ3) is 1.52. The van der Waals surface area contributed by atoms with E-state index in [4.69, 9.17) is 4.74 Å². The van der Waals surface area contributed by atoms with Crippen LogP contribution < -0.4 is 0 Å². The van der Waals surface area contributed by atoms with Crippen molar-refractivity contribution in [1.29, 1.82) is 0 Å². The van der Waals surface area contributed by atoms with E-state index < -0.39 is 0 Å². The van der Waals surface area contributed by atoms with Gasteiger partial charge in [-0.05, 0) is 49.4 Å². The highest BCUT2D eigenvalue weighted by atomic mass is 16.5. The molecule has 0 heterocycles. The third-order valence-corrected chi connectivity index (χ3v) is 3.75. The van der Waals surface area contributed by atoms with Crippen molar-refractivity contribution in [3.8, 4) is 0 Å². The molecule has 0 N–H and O–H groups in total. The molecule has 70 valence electrons. The third-order valence-electron chi connectivity index (χ3n) is 3.75. The molecule has 0 aromatic heterocycles. The molecule has 2 fully saturated rings. The number of rotatable bonds is 2. The van der Waals surface area contributed by atoms with E-state index in [0.29, 0.717) is 0 Å². The Hall–Kier alpha value is -0.0400. The van der Waals surface area contributed by atoms with E-state index >= 15 is 0 Å². The zero-order chi connectivity index (χ0) is 8.55. The molecule has 1 heteroatoms. The van der Waals surface area contributed by atoms with Gasteiger partial charge in [-0.3, -0.25) is 0 Å². The molecular formula is C11H20O. The summed E-state index contributed by atoms with van der Waals surface area (Å²) in [6, 6.07) is 0. The normalized spacial score (nSPS) is 46.5. The van der Waals surface area contributed by atoms with Crippen LogP contribution in [0.25, 0.3) is 0 Å². The summed E-state index contributed by atoms with van der Waals surface area (Å²) in [7, 11) is 1.83. The van der Waals surface area contributed by atoms with Gasteiger partial charge < -0.3 is 4.74 Å². The van der Waals surface area contributed by atoms with Crippen molar-refractivity contribution >= 4 is 0 Å². The van der Waals surface area contributed by atoms with E-state index in [-0.39, 0.29) is 0 Å². The number of hydrogen-bond donors (Lipinski definition) is 0. The smallest absolute Gasteiger partial charge is 0.0490 e. The second kappa shape index (κ2) is 3.37. The lowest BCUT2D eigenvalue weighted by Gasteiger charge is -2.10. The van der Waals surface area contributed by atoms with Crippen LogP contribution in [0.3, 0.4) is 0 Å². The van der Waals surface area contributed by atoms with Crippen molar-refractivity contribution in [2.45, 2.75) is 32.6 Å². The van der Waals surface area contributed by atoms with Crippen LogP contribution in [0.15, 0.2) is 0 Å². The van der Waals surface area contributed by atoms with E-state index in [0.717, 1.165) is 30.3 Å². The Kier molecular flexibility index (Phi) is 2.40. The minimum atomic E-state index is 0.887. The minimum absolute atomic E-state index is 0.887. The highest BCUT2D eigenvalue weighted by molar-refractivity contribution is 4.90. The Morgan fingerprint density at radius 2 is 1.67 bits per heavy atom. The van der Waals surface area contributed by atoms with Crippen molar-refractivity contribution in [2.75, 3.05) is 13.7 Å². The van der Waals surface area contributed by atoms with Crippen LogP contribution in [0, 0.1) is 23.7 Å². The molecule has 0 aromatic carbocycles. The topological polar surface area (TPSA) is 9.23 Å². The van der Waals surface area contributed by atoms with Gasteiger partial charge >= 0.3 is 0 Å². The monoisotopic (exact) mass is 168 g/mol. The van der Waals surface area contributed by atoms with E-state index in [1.165, 1.54) is 25.7 Å². The highest BCUT2D eigenvalue weighted by Gasteiger charge is 2.39. The fourth-order valence-corrected chi connectivity index (χ4v) is 3.42. The van der Waals surface area contributed by atoms with E-state index in [1.54, 1.807) is 0 Å². The van der Waals surface area contributed by atoms with Gasteiger partial charge in [-0.25, -0.2) is 0 Å². The zero-order valence-corrected chi connectivity index (χ0v) is 8.25. The van der Waals surface area contributed by atoms with Gasteiger partial charge in [-0.1, -0.05) is 6.92 Å². The molecule has 0 saturated heterocycles. The summed E-state index contributed by atoms with van der Waals surface area (Å²) >= 11 is 0. The molecule has 2 aliphatic rings. The van der Waals surface area contributed by atoms with Crippen LogP contribution in [0.4, 0.5) is 0 Å². The number of methoxy groups -OCH3 is 1. The average Bonchev–Trinajstić information content (AvgIpc) is 2.44. The largest absolute Gasteiger partial charge is 0.384 e. The SMILES string of the molecule is COCC1CC2CC(C)CC2C1. The molecule has 2 atom stereocenters. The Morgan fingerprint density at radius 1 is 1.08 bits per heavy atom. The molecule has 2 aliphatic carbocycles. The van der Waals surface area contributed by atoms with Crippen molar-refractivity contribution < 1.29 is 4.74 Å². The zero-order valence-electron chi connectivity index (χ0n) is 8.25. The van der Waals surface area contributed by atoms with Gasteiger partial charge in [0.05, 0.1) is 0 Å². The highest BCUT2D eigenvalue weighted by Crippen LogP contribution is 2.48. The first-order valence-electron chi connectivity index (χ1n) is 5.28. The molecule has 1 nitrogen and oxygen atoms in total. The van der Waals surface area contributed by atoms with E-state index in [2.05, 4.69) is 6.92 Å². The standard InChI is InChI=1S/C11H20O/c1-8-3-10-5-9(7-12-2)6-11(10)4-8/h8-11H,3-7H2,1-2H3. The van der Waals surface area contributed by atoms with Crippen molar-refractivity contribution in [1.82, 2.24) is 0 Å². The minimum Gasteiger partial charge on any atom is -0.384 e. The van der Waals surface area contributed by atoms with Gasteiger partial charge in [-0.2, -0.15) is 0 Å². The molecule has 2 saturated carbocycles. The second-order valence-corrected chi connectivity index (χ2v) is 4.89. The van der Waals surface area contributed by atoms with Crippen LogP contribution >= 0.6 is 0 Å². The molecule has 2 rings (SSSR count). The molecule has 0 radical (unpaired) electrons. The molecular weight excluding hydrogens is 148 g/mol. The summed E-state index contributed by atoms with van der Waals surface area (Å²) in [5.74, 6) is 4.00. The maximum absolute atomic E-state index is 5.22.